The molecule has 0 saturated heterocycles. The second-order valence-corrected chi connectivity index (χ2v) is 6.33. The lowest BCUT2D eigenvalue weighted by Crippen LogP contribution is -2.38. The summed E-state index contributed by atoms with van der Waals surface area (Å²) in [6.45, 7) is 9.44. The molecular weight excluding hydrogens is 399 g/mol. The molecule has 1 aromatic rings. The number of aliphatic imine (C=N–C) groups is 1. The van der Waals surface area contributed by atoms with Crippen molar-refractivity contribution < 1.29 is 4.74 Å². The molecule has 2 N–H and O–H groups in total. The Kier molecular flexibility index (Phi) is 11.9. The van der Waals surface area contributed by atoms with Gasteiger partial charge in [0.15, 0.2) is 5.96 Å². The molecule has 0 aromatic carbocycles. The van der Waals surface area contributed by atoms with Crippen LogP contribution in [0, 0.1) is 12.8 Å². The van der Waals surface area contributed by atoms with Crippen LogP contribution in [0.25, 0.3) is 0 Å². The largest absolute Gasteiger partial charge is 0.380 e. The maximum absolute atomic E-state index is 5.55. The summed E-state index contributed by atoms with van der Waals surface area (Å²) in [6, 6.07) is 0. The Morgan fingerprint density at radius 2 is 2.14 bits per heavy atom. The highest BCUT2D eigenvalue weighted by Crippen LogP contribution is 2.10. The zero-order valence-electron chi connectivity index (χ0n) is 13.3. The van der Waals surface area contributed by atoms with Crippen molar-refractivity contribution in [2.75, 3.05) is 26.8 Å². The van der Waals surface area contributed by atoms with Crippen molar-refractivity contribution in [2.45, 2.75) is 33.7 Å². The van der Waals surface area contributed by atoms with Gasteiger partial charge in [-0.05, 0) is 19.3 Å². The van der Waals surface area contributed by atoms with Gasteiger partial charge in [-0.25, -0.2) is 4.98 Å². The van der Waals surface area contributed by atoms with Crippen molar-refractivity contribution in [3.05, 3.63) is 16.1 Å². The molecule has 0 atom stereocenters. The lowest BCUT2D eigenvalue weighted by atomic mass is 10.1. The maximum atomic E-state index is 5.55. The Hall–Kier alpha value is -0.410. The summed E-state index contributed by atoms with van der Waals surface area (Å²) < 4.78 is 5.55. The third-order valence-corrected chi connectivity index (χ3v) is 3.59. The van der Waals surface area contributed by atoms with Gasteiger partial charge in [0, 0.05) is 31.3 Å². The minimum atomic E-state index is 0. The van der Waals surface area contributed by atoms with Crippen LogP contribution in [0.2, 0.25) is 0 Å². The quantitative estimate of drug-likeness (QED) is 0.291. The zero-order valence-corrected chi connectivity index (χ0v) is 16.5. The lowest BCUT2D eigenvalue weighted by molar-refractivity contribution is 0.128. The Labute approximate surface area is 149 Å². The van der Waals surface area contributed by atoms with Gasteiger partial charge in [-0.15, -0.1) is 35.3 Å². The molecule has 1 aromatic heterocycles. The minimum absolute atomic E-state index is 0. The maximum Gasteiger partial charge on any atom is 0.191 e. The third-order valence-electron chi connectivity index (χ3n) is 2.68. The average Bonchev–Trinajstić information content (AvgIpc) is 2.82. The number of aryl methyl sites for hydroxylation is 1. The first-order chi connectivity index (χ1) is 9.61. The van der Waals surface area contributed by atoms with Crippen molar-refractivity contribution >= 4 is 41.3 Å². The fourth-order valence-corrected chi connectivity index (χ4v) is 2.25. The van der Waals surface area contributed by atoms with E-state index in [1.807, 2.05) is 6.20 Å². The number of ether oxygens (including phenoxy) is 1. The summed E-state index contributed by atoms with van der Waals surface area (Å²) in [7, 11) is 1.77. The Balaban J connectivity index is 0.00000400. The van der Waals surface area contributed by atoms with Crippen molar-refractivity contribution in [1.82, 2.24) is 15.6 Å². The van der Waals surface area contributed by atoms with E-state index in [-0.39, 0.29) is 24.0 Å². The zero-order chi connectivity index (χ0) is 14.8. The standard InChI is InChI=1S/C14H26N4OS.HI/c1-11(2)5-7-19-8-6-16-14(15-4)18-10-13-17-9-12(3)20-13;/h9,11H,5-8,10H2,1-4H3,(H2,15,16,18);1H. The first-order valence-electron chi connectivity index (χ1n) is 7.05. The van der Waals surface area contributed by atoms with E-state index in [0.29, 0.717) is 19.1 Å². The van der Waals surface area contributed by atoms with E-state index in [1.165, 1.54) is 4.88 Å². The van der Waals surface area contributed by atoms with Crippen molar-refractivity contribution in [3.63, 3.8) is 0 Å². The highest BCUT2D eigenvalue weighted by molar-refractivity contribution is 14.0. The summed E-state index contributed by atoms with van der Waals surface area (Å²) in [5.41, 5.74) is 0. The summed E-state index contributed by atoms with van der Waals surface area (Å²) in [5, 5.41) is 7.53. The predicted molar refractivity (Wildman–Crippen MR) is 101 cm³/mol. The average molecular weight is 426 g/mol. The van der Waals surface area contributed by atoms with E-state index in [9.17, 15) is 0 Å². The van der Waals surface area contributed by atoms with Crippen LogP contribution in [-0.4, -0.2) is 37.7 Å². The second kappa shape index (κ2) is 12.2. The summed E-state index contributed by atoms with van der Waals surface area (Å²) >= 11 is 1.70. The first kappa shape index (κ1) is 20.6. The van der Waals surface area contributed by atoms with Gasteiger partial charge in [-0.3, -0.25) is 4.99 Å². The summed E-state index contributed by atoms with van der Waals surface area (Å²) in [6.07, 6.45) is 3.00. The molecule has 0 aliphatic heterocycles. The third kappa shape index (κ3) is 10.0. The van der Waals surface area contributed by atoms with Gasteiger partial charge >= 0.3 is 0 Å². The number of aromatic nitrogens is 1. The topological polar surface area (TPSA) is 58.5 Å². The molecule has 0 fully saturated rings. The first-order valence-corrected chi connectivity index (χ1v) is 7.87. The Morgan fingerprint density at radius 3 is 2.71 bits per heavy atom. The number of halogens is 1. The van der Waals surface area contributed by atoms with Gasteiger partial charge < -0.3 is 15.4 Å². The molecule has 0 bridgehead atoms. The molecular formula is C14H27IN4OS. The SMILES string of the molecule is CN=C(NCCOCCC(C)C)NCc1ncc(C)s1.I. The minimum Gasteiger partial charge on any atom is -0.380 e. The number of hydrogen-bond donors (Lipinski definition) is 2. The van der Waals surface area contributed by atoms with E-state index in [4.69, 9.17) is 4.74 Å². The van der Waals surface area contributed by atoms with Crippen LogP contribution in [0.1, 0.15) is 30.2 Å². The van der Waals surface area contributed by atoms with Crippen molar-refractivity contribution in [3.8, 4) is 0 Å². The molecule has 0 spiro atoms. The van der Waals surface area contributed by atoms with Crippen LogP contribution in [-0.2, 0) is 11.3 Å². The molecule has 5 nitrogen and oxygen atoms in total. The van der Waals surface area contributed by atoms with Gasteiger partial charge in [-0.1, -0.05) is 13.8 Å². The van der Waals surface area contributed by atoms with Gasteiger partial charge in [0.2, 0.25) is 0 Å². The highest BCUT2D eigenvalue weighted by Gasteiger charge is 2.01. The smallest absolute Gasteiger partial charge is 0.191 e. The van der Waals surface area contributed by atoms with Gasteiger partial charge in [0.1, 0.15) is 5.01 Å². The van der Waals surface area contributed by atoms with Gasteiger partial charge in [0.25, 0.3) is 0 Å². The van der Waals surface area contributed by atoms with E-state index in [0.717, 1.165) is 30.5 Å². The number of nitrogens with zero attached hydrogens (tertiary/aromatic N) is 2. The van der Waals surface area contributed by atoms with E-state index >= 15 is 0 Å². The molecule has 0 unspecified atom stereocenters. The van der Waals surface area contributed by atoms with Gasteiger partial charge in [-0.2, -0.15) is 0 Å². The summed E-state index contributed by atoms with van der Waals surface area (Å²) in [5.74, 6) is 1.48. The second-order valence-electron chi connectivity index (χ2n) is 5.01. The molecule has 21 heavy (non-hydrogen) atoms. The monoisotopic (exact) mass is 426 g/mol. The van der Waals surface area contributed by atoms with Crippen LogP contribution in [0.4, 0.5) is 0 Å². The number of nitrogens with one attached hydrogen (secondary N) is 2. The molecule has 0 aliphatic rings. The normalized spacial score (nSPS) is 11.4. The van der Waals surface area contributed by atoms with Crippen LogP contribution in [0.15, 0.2) is 11.2 Å². The molecule has 122 valence electrons. The highest BCUT2D eigenvalue weighted by atomic mass is 127. The predicted octanol–water partition coefficient (Wildman–Crippen LogP) is 2.80. The lowest BCUT2D eigenvalue weighted by Gasteiger charge is -2.11. The molecule has 0 saturated carbocycles. The molecule has 1 heterocycles. The number of rotatable bonds is 8. The van der Waals surface area contributed by atoms with E-state index < -0.39 is 0 Å². The molecule has 7 heteroatoms. The Morgan fingerprint density at radius 1 is 1.38 bits per heavy atom. The molecule has 1 rings (SSSR count). The number of hydrogen-bond acceptors (Lipinski definition) is 4. The molecule has 0 aliphatic carbocycles. The van der Waals surface area contributed by atoms with Crippen molar-refractivity contribution in [2.24, 2.45) is 10.9 Å². The molecule has 0 radical (unpaired) electrons. The summed E-state index contributed by atoms with van der Waals surface area (Å²) in [4.78, 5) is 9.70. The molecule has 0 amide bonds. The fourth-order valence-electron chi connectivity index (χ4n) is 1.53. The van der Waals surface area contributed by atoms with Crippen molar-refractivity contribution in [1.29, 1.82) is 0 Å². The van der Waals surface area contributed by atoms with Crippen LogP contribution in [0.5, 0.6) is 0 Å². The van der Waals surface area contributed by atoms with E-state index in [2.05, 4.69) is 41.4 Å². The van der Waals surface area contributed by atoms with E-state index in [1.54, 1.807) is 18.4 Å². The van der Waals surface area contributed by atoms with Crippen LogP contribution < -0.4 is 10.6 Å². The Bertz CT molecular complexity index is 409. The van der Waals surface area contributed by atoms with Crippen LogP contribution >= 0.6 is 35.3 Å². The number of thiazole rings is 1. The fraction of sp³-hybridized carbons (Fsp3) is 0.714. The van der Waals surface area contributed by atoms with Crippen LogP contribution in [0.3, 0.4) is 0 Å². The van der Waals surface area contributed by atoms with Gasteiger partial charge in [0.05, 0.1) is 13.2 Å². The number of guanidine groups is 1.